The molecule has 0 saturated carbocycles. The van der Waals surface area contributed by atoms with Gasteiger partial charge in [0.15, 0.2) is 10.4 Å². The number of aryl methyl sites for hydroxylation is 1. The number of imidazole rings is 1. The van der Waals surface area contributed by atoms with E-state index in [-0.39, 0.29) is 11.7 Å². The Kier molecular flexibility index (Phi) is 7.56. The van der Waals surface area contributed by atoms with Gasteiger partial charge in [0.1, 0.15) is 0 Å². The van der Waals surface area contributed by atoms with Gasteiger partial charge in [0.05, 0.1) is 36.0 Å². The van der Waals surface area contributed by atoms with Gasteiger partial charge in [-0.1, -0.05) is 29.8 Å². The number of hydrogen-bond donors (Lipinski definition) is 2. The molecule has 0 radical (unpaired) electrons. The van der Waals surface area contributed by atoms with Crippen LogP contribution in [0.25, 0.3) is 0 Å². The smallest absolute Gasteiger partial charge is 0.356 e. The first kappa shape index (κ1) is 23.8. The third-order valence-electron chi connectivity index (χ3n) is 5.10. The molecule has 2 atom stereocenters. The molecular weight excluding hydrogens is 496 g/mol. The number of halogens is 2. The summed E-state index contributed by atoms with van der Waals surface area (Å²) < 4.78 is 7.51. The minimum absolute atomic E-state index is 0.0821. The minimum Gasteiger partial charge on any atom is -0.476 e. The molecule has 3 rings (SSSR count). The maximum absolute atomic E-state index is 12.2. The Morgan fingerprint density at radius 3 is 2.62 bits per heavy atom. The lowest BCUT2D eigenvalue weighted by atomic mass is 9.99. The fourth-order valence-electron chi connectivity index (χ4n) is 3.55. The number of rotatable bonds is 8. The molecule has 2 aromatic carbocycles. The maximum atomic E-state index is 12.2. The molecule has 7 nitrogen and oxygen atoms in total. The Labute approximate surface area is 199 Å². The second-order valence-corrected chi connectivity index (χ2v) is 8.51. The van der Waals surface area contributed by atoms with E-state index in [1.165, 1.54) is 0 Å². The van der Waals surface area contributed by atoms with Crippen LogP contribution in [0.15, 0.2) is 47.2 Å². The van der Waals surface area contributed by atoms with E-state index in [0.717, 1.165) is 16.8 Å². The lowest BCUT2D eigenvalue weighted by Crippen LogP contribution is -2.23. The summed E-state index contributed by atoms with van der Waals surface area (Å²) in [5.41, 5.74) is 3.35. The van der Waals surface area contributed by atoms with Crippen molar-refractivity contribution < 1.29 is 14.6 Å². The molecule has 32 heavy (non-hydrogen) atoms. The highest BCUT2D eigenvalue weighted by molar-refractivity contribution is 9.10. The van der Waals surface area contributed by atoms with Crippen LogP contribution in [-0.4, -0.2) is 34.3 Å². The van der Waals surface area contributed by atoms with Gasteiger partial charge in [0.25, 0.3) is 0 Å². The van der Waals surface area contributed by atoms with Gasteiger partial charge in [-0.3, -0.25) is 0 Å². The van der Waals surface area contributed by atoms with Crippen molar-refractivity contribution in [1.82, 2.24) is 9.55 Å². The van der Waals surface area contributed by atoms with E-state index < -0.39 is 12.0 Å². The van der Waals surface area contributed by atoms with Crippen LogP contribution in [0.4, 0.5) is 5.69 Å². The number of nitriles is 1. The fourth-order valence-corrected chi connectivity index (χ4v) is 4.44. The van der Waals surface area contributed by atoms with Crippen molar-refractivity contribution in [3.63, 3.8) is 0 Å². The number of nitrogens with zero attached hydrogens (tertiary/aromatic N) is 3. The highest BCUT2D eigenvalue weighted by Gasteiger charge is 2.31. The molecule has 3 aromatic rings. The Morgan fingerprint density at radius 2 is 2.03 bits per heavy atom. The van der Waals surface area contributed by atoms with Crippen LogP contribution >= 0.6 is 27.5 Å². The third kappa shape index (κ3) is 4.96. The molecule has 166 valence electrons. The van der Waals surface area contributed by atoms with Crippen molar-refractivity contribution >= 4 is 39.2 Å². The predicted molar refractivity (Wildman–Crippen MR) is 126 cm³/mol. The quantitative estimate of drug-likeness (QED) is 0.404. The molecule has 0 fully saturated rings. The number of benzene rings is 2. The SMILES string of the molecule is COCC(C)n1c(Br)nc(C(=O)O)c1C(Nc1cc(Cl)ccc1C)c1ccc(C#N)cc1. The fraction of sp³-hybridized carbons (Fsp3) is 0.261. The number of carboxylic acids is 1. The van der Waals surface area contributed by atoms with Crippen molar-refractivity contribution in [3.05, 3.63) is 80.3 Å². The Balaban J connectivity index is 2.26. The van der Waals surface area contributed by atoms with E-state index in [4.69, 9.17) is 16.3 Å². The second-order valence-electron chi connectivity index (χ2n) is 7.36. The molecule has 2 N–H and O–H groups in total. The van der Waals surface area contributed by atoms with Gasteiger partial charge in [0.2, 0.25) is 0 Å². The second kappa shape index (κ2) is 10.2. The third-order valence-corrected chi connectivity index (χ3v) is 5.90. The summed E-state index contributed by atoms with van der Waals surface area (Å²) in [7, 11) is 1.59. The number of anilines is 1. The lowest BCUT2D eigenvalue weighted by Gasteiger charge is -2.26. The molecule has 1 aromatic heterocycles. The molecule has 9 heteroatoms. The summed E-state index contributed by atoms with van der Waals surface area (Å²) in [5.74, 6) is -1.15. The summed E-state index contributed by atoms with van der Waals surface area (Å²) in [4.78, 5) is 16.4. The summed E-state index contributed by atoms with van der Waals surface area (Å²) in [6.07, 6.45) is 0. The van der Waals surface area contributed by atoms with Crippen LogP contribution < -0.4 is 5.32 Å². The number of carboxylic acid groups (broad SMARTS) is 1. The standard InChI is InChI=1S/C23H22BrClN4O3/c1-13-4-9-17(25)10-18(13)27-19(16-7-5-15(11-26)6-8-16)21-20(22(30)31)28-23(24)29(21)14(2)12-32-3/h4-10,14,19,27H,12H2,1-3H3,(H,30,31). The highest BCUT2D eigenvalue weighted by Crippen LogP contribution is 2.35. The van der Waals surface area contributed by atoms with Crippen LogP contribution in [-0.2, 0) is 4.74 Å². The van der Waals surface area contributed by atoms with Crippen molar-refractivity contribution in [3.8, 4) is 6.07 Å². The molecule has 0 amide bonds. The minimum atomic E-state index is -1.15. The van der Waals surface area contributed by atoms with Crippen LogP contribution in [0.3, 0.4) is 0 Å². The number of aromatic nitrogens is 2. The largest absolute Gasteiger partial charge is 0.476 e. The number of carbonyl (C=O) groups is 1. The number of hydrogen-bond acceptors (Lipinski definition) is 5. The summed E-state index contributed by atoms with van der Waals surface area (Å²) in [5, 5.41) is 23.1. The molecule has 0 bridgehead atoms. The van der Waals surface area contributed by atoms with Gasteiger partial charge >= 0.3 is 5.97 Å². The number of aromatic carboxylic acids is 1. The first-order valence-corrected chi connectivity index (χ1v) is 11.0. The molecule has 1 heterocycles. The van der Waals surface area contributed by atoms with Gasteiger partial charge in [0, 0.05) is 17.8 Å². The summed E-state index contributed by atoms with van der Waals surface area (Å²) in [6.45, 7) is 4.22. The van der Waals surface area contributed by atoms with Crippen molar-refractivity contribution in [2.45, 2.75) is 25.9 Å². The van der Waals surface area contributed by atoms with Gasteiger partial charge in [-0.05, 0) is 65.2 Å². The number of methoxy groups -OCH3 is 1. The lowest BCUT2D eigenvalue weighted by molar-refractivity contribution is 0.0689. The Bertz CT molecular complexity index is 1170. The van der Waals surface area contributed by atoms with E-state index in [0.29, 0.717) is 27.6 Å². The molecule has 0 saturated heterocycles. The normalized spacial score (nSPS) is 12.8. The molecule has 0 aliphatic rings. The van der Waals surface area contributed by atoms with Crippen LogP contribution in [0.5, 0.6) is 0 Å². The number of nitrogens with one attached hydrogen (secondary N) is 1. The van der Waals surface area contributed by atoms with Crippen LogP contribution in [0.2, 0.25) is 5.02 Å². The zero-order valence-corrected chi connectivity index (χ0v) is 20.1. The summed E-state index contributed by atoms with van der Waals surface area (Å²) in [6, 6.07) is 13.8. The first-order valence-electron chi connectivity index (χ1n) is 9.79. The molecular formula is C23H22BrClN4O3. The van der Waals surface area contributed by atoms with Gasteiger partial charge < -0.3 is 19.7 Å². The Morgan fingerprint density at radius 1 is 1.34 bits per heavy atom. The Hall–Kier alpha value is -2.86. The van der Waals surface area contributed by atoms with Crippen LogP contribution in [0, 0.1) is 18.3 Å². The van der Waals surface area contributed by atoms with Gasteiger partial charge in [-0.25, -0.2) is 9.78 Å². The molecule has 2 unspecified atom stereocenters. The predicted octanol–water partition coefficient (Wildman–Crippen LogP) is 5.59. The van der Waals surface area contributed by atoms with Gasteiger partial charge in [-0.15, -0.1) is 0 Å². The monoisotopic (exact) mass is 516 g/mol. The molecule has 0 aliphatic carbocycles. The van der Waals surface area contributed by atoms with Crippen LogP contribution in [0.1, 0.15) is 51.9 Å². The van der Waals surface area contributed by atoms with E-state index >= 15 is 0 Å². The van der Waals surface area contributed by atoms with Gasteiger partial charge in [-0.2, -0.15) is 5.26 Å². The maximum Gasteiger partial charge on any atom is 0.356 e. The van der Waals surface area contributed by atoms with E-state index in [2.05, 4.69) is 32.3 Å². The van der Waals surface area contributed by atoms with E-state index in [1.807, 2.05) is 24.5 Å². The zero-order valence-electron chi connectivity index (χ0n) is 17.8. The first-order chi connectivity index (χ1) is 15.3. The topological polar surface area (TPSA) is 100 Å². The van der Waals surface area contributed by atoms with Crippen molar-refractivity contribution in [1.29, 1.82) is 5.26 Å². The van der Waals surface area contributed by atoms with Crippen molar-refractivity contribution in [2.24, 2.45) is 0 Å². The highest BCUT2D eigenvalue weighted by atomic mass is 79.9. The summed E-state index contributed by atoms with van der Waals surface area (Å²) >= 11 is 9.65. The number of ether oxygens (including phenoxy) is 1. The van der Waals surface area contributed by atoms with E-state index in [9.17, 15) is 15.2 Å². The zero-order chi connectivity index (χ0) is 23.4. The molecule has 0 spiro atoms. The van der Waals surface area contributed by atoms with Crippen molar-refractivity contribution in [2.75, 3.05) is 19.0 Å². The average Bonchev–Trinajstić information content (AvgIpc) is 3.12. The molecule has 0 aliphatic heterocycles. The van der Waals surface area contributed by atoms with E-state index in [1.54, 1.807) is 43.5 Å². The average molecular weight is 518 g/mol.